The minimum absolute atomic E-state index is 0.334. The molecule has 1 rings (SSSR count). The molecule has 0 amide bonds. The van der Waals surface area contributed by atoms with Gasteiger partial charge in [0.2, 0.25) is 0 Å². The van der Waals surface area contributed by atoms with Gasteiger partial charge in [0.05, 0.1) is 15.6 Å². The second kappa shape index (κ2) is 6.77. The summed E-state index contributed by atoms with van der Waals surface area (Å²) in [5.74, 6) is 0.747. The summed E-state index contributed by atoms with van der Waals surface area (Å²) >= 11 is 6.87. The molecule has 1 unspecified atom stereocenters. The quantitative estimate of drug-likeness (QED) is 0.562. The molecule has 5 heteroatoms. The van der Waals surface area contributed by atoms with Crippen LogP contribution in [0.3, 0.4) is 0 Å². The third-order valence-corrected chi connectivity index (χ3v) is 4.39. The molecule has 0 aromatic heterocycles. The van der Waals surface area contributed by atoms with Crippen molar-refractivity contribution >= 4 is 37.5 Å². The SMILES string of the molecule is C=C(CCOc1c(Br)cc(N)cc1Br)C(C)(N)CC. The van der Waals surface area contributed by atoms with Crippen molar-refractivity contribution in [1.82, 2.24) is 0 Å². The van der Waals surface area contributed by atoms with E-state index in [1.165, 1.54) is 0 Å². The van der Waals surface area contributed by atoms with E-state index in [4.69, 9.17) is 16.2 Å². The molecular weight excluding hydrogens is 372 g/mol. The van der Waals surface area contributed by atoms with Crippen LogP contribution < -0.4 is 16.2 Å². The first kappa shape index (κ1) is 16.5. The second-order valence-electron chi connectivity index (χ2n) is 4.79. The van der Waals surface area contributed by atoms with Gasteiger partial charge in [0, 0.05) is 17.6 Å². The van der Waals surface area contributed by atoms with Crippen LogP contribution >= 0.6 is 31.9 Å². The molecule has 0 bridgehead atoms. The van der Waals surface area contributed by atoms with E-state index in [-0.39, 0.29) is 5.54 Å². The van der Waals surface area contributed by atoms with Gasteiger partial charge in [0.1, 0.15) is 5.75 Å². The van der Waals surface area contributed by atoms with E-state index in [0.717, 1.165) is 33.1 Å². The highest BCUT2D eigenvalue weighted by atomic mass is 79.9. The van der Waals surface area contributed by atoms with Gasteiger partial charge in [-0.05, 0) is 57.3 Å². The molecule has 0 aliphatic carbocycles. The molecule has 0 saturated heterocycles. The molecule has 0 heterocycles. The maximum absolute atomic E-state index is 6.13. The van der Waals surface area contributed by atoms with Crippen molar-refractivity contribution in [1.29, 1.82) is 0 Å². The maximum atomic E-state index is 6.13. The Hall–Kier alpha value is -0.520. The van der Waals surface area contributed by atoms with Crippen LogP contribution in [0.4, 0.5) is 5.69 Å². The molecule has 0 fully saturated rings. The molecule has 0 aliphatic heterocycles. The summed E-state index contributed by atoms with van der Waals surface area (Å²) in [6, 6.07) is 3.63. The van der Waals surface area contributed by atoms with Crippen molar-refractivity contribution in [2.75, 3.05) is 12.3 Å². The van der Waals surface area contributed by atoms with E-state index < -0.39 is 0 Å². The Bertz CT molecular complexity index is 450. The first-order valence-electron chi connectivity index (χ1n) is 6.12. The average Bonchev–Trinajstić information content (AvgIpc) is 2.32. The summed E-state index contributed by atoms with van der Waals surface area (Å²) in [7, 11) is 0. The van der Waals surface area contributed by atoms with Gasteiger partial charge in [-0.2, -0.15) is 0 Å². The minimum atomic E-state index is -0.334. The van der Waals surface area contributed by atoms with E-state index >= 15 is 0 Å². The summed E-state index contributed by atoms with van der Waals surface area (Å²) < 4.78 is 7.43. The van der Waals surface area contributed by atoms with Crippen molar-refractivity contribution in [3.8, 4) is 5.75 Å². The lowest BCUT2D eigenvalue weighted by molar-refractivity contribution is 0.309. The number of halogens is 2. The van der Waals surface area contributed by atoms with Gasteiger partial charge in [0.25, 0.3) is 0 Å². The Morgan fingerprint density at radius 1 is 1.37 bits per heavy atom. The molecule has 0 spiro atoms. The summed E-state index contributed by atoms with van der Waals surface area (Å²) in [6.45, 7) is 8.62. The van der Waals surface area contributed by atoms with Gasteiger partial charge < -0.3 is 16.2 Å². The Kier molecular flexibility index (Phi) is 5.89. The lowest BCUT2D eigenvalue weighted by atomic mass is 9.89. The van der Waals surface area contributed by atoms with Crippen LogP contribution in [0.1, 0.15) is 26.7 Å². The van der Waals surface area contributed by atoms with E-state index in [9.17, 15) is 0 Å². The van der Waals surface area contributed by atoms with Crippen molar-refractivity contribution in [3.05, 3.63) is 33.2 Å². The summed E-state index contributed by atoms with van der Waals surface area (Å²) in [5, 5.41) is 0. The molecule has 19 heavy (non-hydrogen) atoms. The van der Waals surface area contributed by atoms with Crippen LogP contribution in [0, 0.1) is 0 Å². The summed E-state index contributed by atoms with van der Waals surface area (Å²) in [6.07, 6.45) is 1.59. The fourth-order valence-corrected chi connectivity index (χ4v) is 2.98. The highest BCUT2D eigenvalue weighted by molar-refractivity contribution is 9.11. The number of benzene rings is 1. The predicted octanol–water partition coefficient (Wildman–Crippen LogP) is 4.25. The standard InChI is InChI=1S/C14H20Br2N2O/c1-4-14(3,18)9(2)5-6-19-13-11(15)7-10(17)8-12(13)16/h7-8H,2,4-6,17-18H2,1,3H3. The van der Waals surface area contributed by atoms with Gasteiger partial charge >= 0.3 is 0 Å². The normalized spacial score (nSPS) is 13.9. The molecule has 0 saturated carbocycles. The maximum Gasteiger partial charge on any atom is 0.147 e. The number of hydrogen-bond donors (Lipinski definition) is 2. The highest BCUT2D eigenvalue weighted by Gasteiger charge is 2.19. The van der Waals surface area contributed by atoms with Crippen LogP contribution in [0.2, 0.25) is 0 Å². The Labute approximate surface area is 131 Å². The van der Waals surface area contributed by atoms with Crippen LogP contribution in [-0.4, -0.2) is 12.1 Å². The zero-order valence-corrected chi connectivity index (χ0v) is 14.5. The molecule has 106 valence electrons. The van der Waals surface area contributed by atoms with E-state index in [1.54, 1.807) is 0 Å². The third kappa shape index (κ3) is 4.51. The molecule has 1 aromatic rings. The highest BCUT2D eigenvalue weighted by Crippen LogP contribution is 2.35. The van der Waals surface area contributed by atoms with E-state index in [2.05, 4.69) is 45.4 Å². The number of nitrogens with two attached hydrogens (primary N) is 2. The van der Waals surface area contributed by atoms with Crippen LogP contribution in [0.5, 0.6) is 5.75 Å². The van der Waals surface area contributed by atoms with Crippen molar-refractivity contribution in [2.45, 2.75) is 32.2 Å². The van der Waals surface area contributed by atoms with Crippen molar-refractivity contribution < 1.29 is 4.74 Å². The molecule has 0 radical (unpaired) electrons. The van der Waals surface area contributed by atoms with Gasteiger partial charge in [-0.3, -0.25) is 0 Å². The molecule has 1 aromatic carbocycles. The first-order valence-corrected chi connectivity index (χ1v) is 7.71. The van der Waals surface area contributed by atoms with Crippen LogP contribution in [0.15, 0.2) is 33.2 Å². The summed E-state index contributed by atoms with van der Waals surface area (Å²) in [4.78, 5) is 0. The minimum Gasteiger partial charge on any atom is -0.491 e. The zero-order valence-electron chi connectivity index (χ0n) is 11.3. The van der Waals surface area contributed by atoms with Crippen LogP contribution in [-0.2, 0) is 0 Å². The van der Waals surface area contributed by atoms with E-state index in [1.807, 2.05) is 19.1 Å². The zero-order chi connectivity index (χ0) is 14.6. The largest absolute Gasteiger partial charge is 0.491 e. The second-order valence-corrected chi connectivity index (χ2v) is 6.50. The Balaban J connectivity index is 2.62. The van der Waals surface area contributed by atoms with Gasteiger partial charge in [0.15, 0.2) is 0 Å². The third-order valence-electron chi connectivity index (χ3n) is 3.21. The number of hydrogen-bond acceptors (Lipinski definition) is 3. The van der Waals surface area contributed by atoms with Crippen molar-refractivity contribution in [2.24, 2.45) is 5.73 Å². The lowest BCUT2D eigenvalue weighted by Gasteiger charge is -2.25. The fraction of sp³-hybridized carbons (Fsp3) is 0.429. The lowest BCUT2D eigenvalue weighted by Crippen LogP contribution is -2.37. The fourth-order valence-electron chi connectivity index (χ4n) is 1.53. The van der Waals surface area contributed by atoms with Gasteiger partial charge in [-0.1, -0.05) is 19.1 Å². The smallest absolute Gasteiger partial charge is 0.147 e. The molecule has 0 aliphatic rings. The molecular formula is C14H20Br2N2O. The number of nitrogen functional groups attached to an aromatic ring is 1. The van der Waals surface area contributed by atoms with E-state index in [0.29, 0.717) is 12.3 Å². The average molecular weight is 392 g/mol. The van der Waals surface area contributed by atoms with Crippen molar-refractivity contribution in [3.63, 3.8) is 0 Å². The number of anilines is 1. The first-order chi connectivity index (χ1) is 8.77. The Morgan fingerprint density at radius 2 is 1.89 bits per heavy atom. The van der Waals surface area contributed by atoms with Crippen LogP contribution in [0.25, 0.3) is 0 Å². The topological polar surface area (TPSA) is 61.3 Å². The monoisotopic (exact) mass is 390 g/mol. The predicted molar refractivity (Wildman–Crippen MR) is 88.4 cm³/mol. The molecule has 1 atom stereocenters. The number of ether oxygens (including phenoxy) is 1. The van der Waals surface area contributed by atoms with Gasteiger partial charge in [-0.15, -0.1) is 0 Å². The molecule has 3 nitrogen and oxygen atoms in total. The summed E-state index contributed by atoms with van der Waals surface area (Å²) in [5.41, 5.74) is 13.2. The molecule has 4 N–H and O–H groups in total. The number of rotatable bonds is 6. The van der Waals surface area contributed by atoms with Gasteiger partial charge in [-0.25, -0.2) is 0 Å². The Morgan fingerprint density at radius 3 is 2.37 bits per heavy atom.